The number of ether oxygens (including phenoxy) is 1. The van der Waals surface area contributed by atoms with Gasteiger partial charge >= 0.3 is 5.97 Å². The van der Waals surface area contributed by atoms with E-state index in [1.54, 1.807) is 11.8 Å². The van der Waals surface area contributed by atoms with E-state index in [1.165, 1.54) is 50.2 Å². The topological polar surface area (TPSA) is 54.5 Å². The highest BCUT2D eigenvalue weighted by Crippen LogP contribution is 2.46. The van der Waals surface area contributed by atoms with Gasteiger partial charge in [0.25, 0.3) is 0 Å². The summed E-state index contributed by atoms with van der Waals surface area (Å²) in [4.78, 5) is 20.7. The molecule has 0 unspecified atom stereocenters. The number of nitrogens with one attached hydrogen (secondary N) is 1. The summed E-state index contributed by atoms with van der Waals surface area (Å²) in [6, 6.07) is 12.3. The number of likely N-dealkylation sites (tertiary alicyclic amines) is 1. The molecule has 1 aromatic heterocycles. The first kappa shape index (κ1) is 24.2. The minimum atomic E-state index is -0.404. The Morgan fingerprint density at radius 3 is 2.36 bits per heavy atom. The minimum Gasteiger partial charge on any atom is -0.449 e. The van der Waals surface area contributed by atoms with Crippen LogP contribution in [0.3, 0.4) is 0 Å². The van der Waals surface area contributed by atoms with Crippen molar-refractivity contribution in [1.29, 1.82) is 0 Å². The summed E-state index contributed by atoms with van der Waals surface area (Å²) < 4.78 is 5.78. The first-order chi connectivity index (χ1) is 16.1. The summed E-state index contributed by atoms with van der Waals surface area (Å²) in [5, 5.41) is 3.17. The van der Waals surface area contributed by atoms with Crippen LogP contribution in [0.15, 0.2) is 41.3 Å². The lowest BCUT2D eigenvalue weighted by Gasteiger charge is -2.32. The number of thioether (sulfide) groups is 1. The molecule has 1 saturated carbocycles. The maximum Gasteiger partial charge on any atom is 0.358 e. The fourth-order valence-electron chi connectivity index (χ4n) is 5.13. The first-order valence-corrected chi connectivity index (χ1v) is 13.6. The van der Waals surface area contributed by atoms with Crippen LogP contribution in [0.2, 0.25) is 0 Å². The molecule has 2 fully saturated rings. The van der Waals surface area contributed by atoms with Crippen molar-refractivity contribution in [2.75, 3.05) is 39.5 Å². The van der Waals surface area contributed by atoms with Crippen molar-refractivity contribution in [3.63, 3.8) is 0 Å². The van der Waals surface area contributed by atoms with Crippen LogP contribution in [0.1, 0.15) is 67.4 Å². The summed E-state index contributed by atoms with van der Waals surface area (Å²) in [7, 11) is 2.02. The Hall–Kier alpha value is -1.89. The number of carbonyl (C=O) groups excluding carboxylic acids is 1. The van der Waals surface area contributed by atoms with E-state index < -0.39 is 5.60 Å². The molecule has 2 aliphatic heterocycles. The molecule has 33 heavy (non-hydrogen) atoms. The van der Waals surface area contributed by atoms with Crippen molar-refractivity contribution in [1.82, 2.24) is 15.2 Å². The van der Waals surface area contributed by atoms with Crippen molar-refractivity contribution in [3.8, 4) is 11.3 Å². The highest BCUT2D eigenvalue weighted by molar-refractivity contribution is 7.98. The van der Waals surface area contributed by atoms with E-state index in [4.69, 9.17) is 4.74 Å². The predicted octanol–water partition coefficient (Wildman–Crippen LogP) is 5.49. The van der Waals surface area contributed by atoms with Crippen LogP contribution >= 0.6 is 11.8 Å². The number of hydrogen-bond acceptors (Lipinski definition) is 6. The second-order valence-corrected chi connectivity index (χ2v) is 10.2. The quantitative estimate of drug-likeness (QED) is 0.463. The molecule has 5 rings (SSSR count). The molecule has 3 aliphatic rings. The number of pyridine rings is 1. The van der Waals surface area contributed by atoms with Crippen LogP contribution in [0, 0.1) is 0 Å². The molecule has 1 aliphatic carbocycles. The summed E-state index contributed by atoms with van der Waals surface area (Å²) >= 11 is 1.71. The van der Waals surface area contributed by atoms with Gasteiger partial charge in [-0.15, -0.1) is 11.8 Å². The molecule has 0 radical (unpaired) electrons. The van der Waals surface area contributed by atoms with E-state index >= 15 is 0 Å². The van der Waals surface area contributed by atoms with Gasteiger partial charge in [-0.05, 0) is 83.1 Å². The number of nitrogens with zero attached hydrogens (tertiary/aromatic N) is 2. The molecule has 1 aromatic carbocycles. The average Bonchev–Trinajstić information content (AvgIpc) is 3.14. The maximum absolute atomic E-state index is 12.3. The van der Waals surface area contributed by atoms with Gasteiger partial charge in [0.2, 0.25) is 0 Å². The lowest BCUT2D eigenvalue weighted by molar-refractivity contribution is -0.0281. The van der Waals surface area contributed by atoms with E-state index in [2.05, 4.69) is 51.8 Å². The van der Waals surface area contributed by atoms with E-state index in [1.807, 2.05) is 13.1 Å². The zero-order chi connectivity index (χ0) is 23.1. The molecule has 0 bridgehead atoms. The Morgan fingerprint density at radius 1 is 1.00 bits per heavy atom. The largest absolute Gasteiger partial charge is 0.449 e. The third-order valence-corrected chi connectivity index (χ3v) is 7.78. The highest BCUT2D eigenvalue weighted by atomic mass is 32.2. The van der Waals surface area contributed by atoms with Gasteiger partial charge in [0.05, 0.1) is 5.69 Å². The number of aromatic nitrogens is 1. The van der Waals surface area contributed by atoms with Crippen LogP contribution in [-0.4, -0.2) is 55.3 Å². The van der Waals surface area contributed by atoms with Crippen molar-refractivity contribution in [2.45, 2.75) is 61.9 Å². The van der Waals surface area contributed by atoms with E-state index in [0.717, 1.165) is 49.0 Å². The SMILES string of the molecule is CNCCN1CCCCC1.CSc1ccc(-c2ccc3c(n2)C(=O)OC32CCCCC2)cc1. The fraction of sp³-hybridized carbons (Fsp3) is 0.556. The van der Waals surface area contributed by atoms with Crippen LogP contribution in [0.4, 0.5) is 0 Å². The van der Waals surface area contributed by atoms with Crippen LogP contribution in [-0.2, 0) is 10.3 Å². The van der Waals surface area contributed by atoms with Gasteiger partial charge in [-0.25, -0.2) is 9.78 Å². The van der Waals surface area contributed by atoms with Crippen molar-refractivity contribution >= 4 is 17.7 Å². The number of fused-ring (bicyclic) bond motifs is 2. The molecule has 1 spiro atoms. The van der Waals surface area contributed by atoms with Crippen LogP contribution in [0.25, 0.3) is 11.3 Å². The van der Waals surface area contributed by atoms with Crippen LogP contribution in [0.5, 0.6) is 0 Å². The molecule has 6 heteroatoms. The lowest BCUT2D eigenvalue weighted by atomic mass is 9.80. The smallest absolute Gasteiger partial charge is 0.358 e. The van der Waals surface area contributed by atoms with E-state index in [-0.39, 0.29) is 5.97 Å². The van der Waals surface area contributed by atoms with Gasteiger partial charge in [-0.1, -0.05) is 31.0 Å². The summed E-state index contributed by atoms with van der Waals surface area (Å²) in [5.74, 6) is -0.260. The van der Waals surface area contributed by atoms with Crippen molar-refractivity contribution < 1.29 is 9.53 Å². The van der Waals surface area contributed by atoms with Crippen molar-refractivity contribution in [3.05, 3.63) is 47.7 Å². The molecule has 1 N–H and O–H groups in total. The standard InChI is InChI=1S/C19H19NO2S.C8H18N2/c1-23-14-7-5-13(6-8-14)16-10-9-15-17(20-16)18(21)22-19(15)11-3-2-4-12-19;1-9-5-8-10-6-3-2-4-7-10/h5-10H,2-4,11-12H2,1H3;9H,2-8H2,1H3. The lowest BCUT2D eigenvalue weighted by Crippen LogP contribution is -2.34. The van der Waals surface area contributed by atoms with Gasteiger partial charge in [-0.3, -0.25) is 0 Å². The molecule has 3 heterocycles. The number of piperidine rings is 1. The Labute approximate surface area is 202 Å². The third-order valence-electron chi connectivity index (χ3n) is 7.04. The zero-order valence-corrected chi connectivity index (χ0v) is 20.9. The minimum absolute atomic E-state index is 0.260. The summed E-state index contributed by atoms with van der Waals surface area (Å²) in [6.07, 6.45) is 11.6. The Balaban J connectivity index is 0.000000219. The number of hydrogen-bond donors (Lipinski definition) is 1. The predicted molar refractivity (Wildman–Crippen MR) is 136 cm³/mol. The van der Waals surface area contributed by atoms with Crippen LogP contribution < -0.4 is 5.32 Å². The van der Waals surface area contributed by atoms with Gasteiger partial charge in [-0.2, -0.15) is 0 Å². The molecule has 5 nitrogen and oxygen atoms in total. The highest BCUT2D eigenvalue weighted by Gasteiger charge is 2.47. The summed E-state index contributed by atoms with van der Waals surface area (Å²) in [5.41, 5.74) is 2.97. The average molecular weight is 468 g/mol. The molecule has 178 valence electrons. The van der Waals surface area contributed by atoms with E-state index in [9.17, 15) is 4.79 Å². The Kier molecular flexibility index (Phi) is 8.45. The monoisotopic (exact) mass is 467 g/mol. The molecule has 1 saturated heterocycles. The molecular formula is C27H37N3O2S. The Bertz CT molecular complexity index is 919. The maximum atomic E-state index is 12.3. The molecule has 0 amide bonds. The third kappa shape index (κ3) is 5.79. The first-order valence-electron chi connectivity index (χ1n) is 12.4. The van der Waals surface area contributed by atoms with Gasteiger partial charge in [0.15, 0.2) is 5.69 Å². The number of rotatable bonds is 5. The molecule has 2 aromatic rings. The number of esters is 1. The van der Waals surface area contributed by atoms with Gasteiger partial charge < -0.3 is 15.0 Å². The zero-order valence-electron chi connectivity index (χ0n) is 20.1. The second-order valence-electron chi connectivity index (χ2n) is 9.27. The number of likely N-dealkylation sites (N-methyl/N-ethyl adjacent to an activating group) is 1. The molecule has 0 atom stereocenters. The normalized spacial score (nSPS) is 19.5. The fourth-order valence-corrected chi connectivity index (χ4v) is 5.54. The second kappa shape index (κ2) is 11.5. The van der Waals surface area contributed by atoms with Crippen molar-refractivity contribution in [2.24, 2.45) is 0 Å². The van der Waals surface area contributed by atoms with E-state index in [0.29, 0.717) is 5.69 Å². The molecular weight excluding hydrogens is 430 g/mol. The Morgan fingerprint density at radius 2 is 1.70 bits per heavy atom. The summed E-state index contributed by atoms with van der Waals surface area (Å²) in [6.45, 7) is 5.01. The van der Waals surface area contributed by atoms with Gasteiger partial charge in [0.1, 0.15) is 5.60 Å². The number of benzene rings is 1. The number of carbonyl (C=O) groups is 1. The van der Waals surface area contributed by atoms with Gasteiger partial charge in [0, 0.05) is 29.1 Å².